The first kappa shape index (κ1) is 16.4. The zero-order valence-electron chi connectivity index (χ0n) is 11.6. The van der Waals surface area contributed by atoms with E-state index in [0.29, 0.717) is 12.5 Å². The Labute approximate surface area is 136 Å². The van der Waals surface area contributed by atoms with Crippen LogP contribution in [0.25, 0.3) is 0 Å². The van der Waals surface area contributed by atoms with Crippen molar-refractivity contribution in [3.05, 3.63) is 59.4 Å². The molecular weight excluding hydrogens is 363 g/mol. The fourth-order valence-electron chi connectivity index (χ4n) is 1.66. The maximum Gasteiger partial charge on any atom is 0.193 e. The van der Waals surface area contributed by atoms with E-state index in [-0.39, 0.29) is 24.0 Å². The van der Waals surface area contributed by atoms with Crippen molar-refractivity contribution >= 4 is 35.6 Å². The van der Waals surface area contributed by atoms with Gasteiger partial charge in [0.2, 0.25) is 0 Å². The molecular formula is C15H19IN4. The molecule has 0 amide bonds. The molecule has 2 rings (SSSR count). The van der Waals surface area contributed by atoms with Crippen LogP contribution in [-0.2, 0) is 6.54 Å². The number of benzene rings is 1. The number of hydrogen-bond donors (Lipinski definition) is 2. The van der Waals surface area contributed by atoms with Crippen molar-refractivity contribution < 1.29 is 0 Å². The van der Waals surface area contributed by atoms with Crippen LogP contribution in [0.4, 0.5) is 5.69 Å². The topological polar surface area (TPSA) is 63.3 Å². The van der Waals surface area contributed by atoms with Gasteiger partial charge >= 0.3 is 0 Å². The number of nitrogens with one attached hydrogen (secondary N) is 1. The molecule has 0 unspecified atom stereocenters. The first-order valence-electron chi connectivity index (χ1n) is 6.19. The van der Waals surface area contributed by atoms with Crippen molar-refractivity contribution in [3.63, 3.8) is 0 Å². The third-order valence-corrected chi connectivity index (χ3v) is 2.92. The number of guanidine groups is 1. The summed E-state index contributed by atoms with van der Waals surface area (Å²) >= 11 is 0. The molecule has 2 aromatic rings. The number of nitrogens with zero attached hydrogens (tertiary/aromatic N) is 2. The van der Waals surface area contributed by atoms with Crippen LogP contribution in [0.3, 0.4) is 0 Å². The molecule has 20 heavy (non-hydrogen) atoms. The molecule has 1 aromatic carbocycles. The first-order chi connectivity index (χ1) is 9.15. The molecule has 0 aliphatic rings. The van der Waals surface area contributed by atoms with E-state index in [9.17, 15) is 0 Å². The molecule has 0 radical (unpaired) electrons. The normalized spacial score (nSPS) is 10.8. The minimum atomic E-state index is 0. The lowest BCUT2D eigenvalue weighted by Gasteiger charge is -2.08. The van der Waals surface area contributed by atoms with Gasteiger partial charge in [-0.25, -0.2) is 4.99 Å². The molecule has 3 N–H and O–H groups in total. The smallest absolute Gasteiger partial charge is 0.193 e. The van der Waals surface area contributed by atoms with E-state index in [4.69, 9.17) is 5.73 Å². The number of pyridine rings is 1. The number of halogens is 1. The first-order valence-corrected chi connectivity index (χ1v) is 6.19. The van der Waals surface area contributed by atoms with Crippen LogP contribution in [0.5, 0.6) is 0 Å². The zero-order valence-corrected chi connectivity index (χ0v) is 14.0. The fourth-order valence-corrected chi connectivity index (χ4v) is 1.66. The second-order valence-corrected chi connectivity index (χ2v) is 4.45. The molecule has 0 saturated carbocycles. The summed E-state index contributed by atoms with van der Waals surface area (Å²) in [6.45, 7) is 4.63. The Hall–Kier alpha value is -1.63. The van der Waals surface area contributed by atoms with Crippen LogP contribution >= 0.6 is 24.0 Å². The van der Waals surface area contributed by atoms with E-state index in [1.165, 1.54) is 11.1 Å². The third-order valence-electron chi connectivity index (χ3n) is 2.92. The Kier molecular flexibility index (Phi) is 6.44. The molecule has 4 nitrogen and oxygen atoms in total. The minimum absolute atomic E-state index is 0. The lowest BCUT2D eigenvalue weighted by Crippen LogP contribution is -2.22. The highest BCUT2D eigenvalue weighted by Crippen LogP contribution is 2.13. The summed E-state index contributed by atoms with van der Waals surface area (Å²) in [6, 6.07) is 11.8. The summed E-state index contributed by atoms with van der Waals surface area (Å²) in [7, 11) is 0. The highest BCUT2D eigenvalue weighted by Gasteiger charge is 1.98. The molecule has 106 valence electrons. The molecule has 0 spiro atoms. The van der Waals surface area contributed by atoms with Gasteiger partial charge in [0.1, 0.15) is 0 Å². The van der Waals surface area contributed by atoms with E-state index in [1.54, 1.807) is 6.20 Å². The van der Waals surface area contributed by atoms with E-state index in [0.717, 1.165) is 11.4 Å². The van der Waals surface area contributed by atoms with Gasteiger partial charge in [0, 0.05) is 11.9 Å². The second-order valence-electron chi connectivity index (χ2n) is 4.45. The average Bonchev–Trinajstić information content (AvgIpc) is 2.42. The van der Waals surface area contributed by atoms with E-state index in [1.807, 2.05) is 24.3 Å². The third kappa shape index (κ3) is 4.80. The number of anilines is 1. The Morgan fingerprint density at radius 2 is 2.00 bits per heavy atom. The molecule has 5 heteroatoms. The standard InChI is InChI=1S/C15H18N4.HI/c1-11-6-7-13(9-12(11)2)19-15(16)18-10-14-5-3-4-8-17-14;/h3-9H,10H2,1-2H3,(H3,16,18,19);1H. The molecule has 0 bridgehead atoms. The molecule has 1 aromatic heterocycles. The monoisotopic (exact) mass is 382 g/mol. The van der Waals surface area contributed by atoms with Crippen LogP contribution < -0.4 is 11.1 Å². The number of aromatic nitrogens is 1. The maximum atomic E-state index is 5.85. The Bertz CT molecular complexity index is 582. The van der Waals surface area contributed by atoms with Crippen LogP contribution in [0, 0.1) is 13.8 Å². The summed E-state index contributed by atoms with van der Waals surface area (Å²) in [5, 5.41) is 3.08. The number of rotatable bonds is 3. The van der Waals surface area contributed by atoms with Gasteiger partial charge in [-0.15, -0.1) is 24.0 Å². The lowest BCUT2D eigenvalue weighted by atomic mass is 10.1. The van der Waals surface area contributed by atoms with Crippen LogP contribution in [-0.4, -0.2) is 10.9 Å². The minimum Gasteiger partial charge on any atom is -0.370 e. The summed E-state index contributed by atoms with van der Waals surface area (Å²) in [4.78, 5) is 8.46. The van der Waals surface area contributed by atoms with Gasteiger partial charge in [0.25, 0.3) is 0 Å². The van der Waals surface area contributed by atoms with Gasteiger partial charge in [-0.1, -0.05) is 12.1 Å². The quantitative estimate of drug-likeness (QED) is 0.487. The number of aliphatic imine (C=N–C) groups is 1. The van der Waals surface area contributed by atoms with Crippen molar-refractivity contribution in [1.82, 2.24) is 4.98 Å². The highest BCUT2D eigenvalue weighted by molar-refractivity contribution is 14.0. The molecule has 1 heterocycles. The largest absolute Gasteiger partial charge is 0.370 e. The van der Waals surface area contributed by atoms with Crippen molar-refractivity contribution in [2.24, 2.45) is 10.7 Å². The van der Waals surface area contributed by atoms with Gasteiger partial charge in [0.15, 0.2) is 5.96 Å². The maximum absolute atomic E-state index is 5.85. The van der Waals surface area contributed by atoms with Crippen molar-refractivity contribution in [1.29, 1.82) is 0 Å². The fraction of sp³-hybridized carbons (Fsp3) is 0.200. The summed E-state index contributed by atoms with van der Waals surface area (Å²) < 4.78 is 0. The van der Waals surface area contributed by atoms with Crippen LogP contribution in [0.2, 0.25) is 0 Å². The Morgan fingerprint density at radius 1 is 1.20 bits per heavy atom. The number of aryl methyl sites for hydroxylation is 2. The summed E-state index contributed by atoms with van der Waals surface area (Å²) in [5.74, 6) is 0.397. The highest BCUT2D eigenvalue weighted by atomic mass is 127. The SMILES string of the molecule is Cc1ccc(NC(N)=NCc2ccccn2)cc1C.I. The molecule has 0 aliphatic heterocycles. The molecule has 0 fully saturated rings. The van der Waals surface area contributed by atoms with Crippen molar-refractivity contribution in [3.8, 4) is 0 Å². The van der Waals surface area contributed by atoms with Gasteiger partial charge < -0.3 is 11.1 Å². The van der Waals surface area contributed by atoms with Crippen LogP contribution in [0.1, 0.15) is 16.8 Å². The lowest BCUT2D eigenvalue weighted by molar-refractivity contribution is 0.985. The summed E-state index contributed by atoms with van der Waals surface area (Å²) in [5.41, 5.74) is 10.2. The Balaban J connectivity index is 0.00000200. The van der Waals surface area contributed by atoms with Crippen molar-refractivity contribution in [2.75, 3.05) is 5.32 Å². The Morgan fingerprint density at radius 3 is 2.65 bits per heavy atom. The second kappa shape index (κ2) is 7.84. The average molecular weight is 382 g/mol. The van der Waals surface area contributed by atoms with Crippen molar-refractivity contribution in [2.45, 2.75) is 20.4 Å². The van der Waals surface area contributed by atoms with Gasteiger partial charge in [-0.05, 0) is 49.2 Å². The molecule has 0 atom stereocenters. The van der Waals surface area contributed by atoms with Gasteiger partial charge in [-0.3, -0.25) is 4.98 Å². The predicted molar refractivity (Wildman–Crippen MR) is 94.5 cm³/mol. The van der Waals surface area contributed by atoms with E-state index >= 15 is 0 Å². The van der Waals surface area contributed by atoms with Gasteiger partial charge in [0.05, 0.1) is 12.2 Å². The zero-order chi connectivity index (χ0) is 13.7. The molecule has 0 aliphatic carbocycles. The summed E-state index contributed by atoms with van der Waals surface area (Å²) in [6.07, 6.45) is 1.75. The number of nitrogens with two attached hydrogens (primary N) is 1. The van der Waals surface area contributed by atoms with Gasteiger partial charge in [-0.2, -0.15) is 0 Å². The van der Waals surface area contributed by atoms with Crippen LogP contribution in [0.15, 0.2) is 47.6 Å². The number of hydrogen-bond acceptors (Lipinski definition) is 2. The molecule has 0 saturated heterocycles. The van der Waals surface area contributed by atoms with E-state index in [2.05, 4.69) is 41.3 Å². The van der Waals surface area contributed by atoms with E-state index < -0.39 is 0 Å². The predicted octanol–water partition coefficient (Wildman–Crippen LogP) is 3.24.